The van der Waals surface area contributed by atoms with Crippen molar-refractivity contribution in [3.05, 3.63) is 94.3 Å². The van der Waals surface area contributed by atoms with Gasteiger partial charge in [-0.05, 0) is 36.1 Å². The van der Waals surface area contributed by atoms with Crippen LogP contribution in [0.5, 0.6) is 0 Å². The summed E-state index contributed by atoms with van der Waals surface area (Å²) in [6, 6.07) is 15.8. The number of ether oxygens (including phenoxy) is 1. The Kier molecular flexibility index (Phi) is 6.35. The van der Waals surface area contributed by atoms with Crippen molar-refractivity contribution in [3.63, 3.8) is 0 Å². The Labute approximate surface area is 187 Å². The van der Waals surface area contributed by atoms with Crippen LogP contribution in [-0.2, 0) is 17.7 Å². The number of benzene rings is 2. The first-order chi connectivity index (χ1) is 15.5. The maximum Gasteiger partial charge on any atom is 0.339 e. The van der Waals surface area contributed by atoms with Crippen LogP contribution in [0, 0.1) is 5.41 Å². The zero-order chi connectivity index (χ0) is 22.5. The van der Waals surface area contributed by atoms with Gasteiger partial charge in [0.2, 0.25) is 0 Å². The van der Waals surface area contributed by atoms with E-state index >= 15 is 0 Å². The van der Waals surface area contributed by atoms with E-state index in [0.717, 1.165) is 41.2 Å². The maximum absolute atomic E-state index is 12.6. The van der Waals surface area contributed by atoms with Crippen molar-refractivity contribution in [2.45, 2.75) is 19.9 Å². The third-order valence-electron chi connectivity index (χ3n) is 5.36. The third-order valence-corrected chi connectivity index (χ3v) is 5.36. The molecule has 0 amide bonds. The zero-order valence-electron chi connectivity index (χ0n) is 18.1. The average molecular weight is 430 g/mol. The van der Waals surface area contributed by atoms with Gasteiger partial charge in [-0.15, -0.1) is 0 Å². The van der Waals surface area contributed by atoms with E-state index in [0.29, 0.717) is 30.7 Å². The predicted molar refractivity (Wildman–Crippen MR) is 126 cm³/mol. The molecule has 0 aliphatic carbocycles. The second-order valence-corrected chi connectivity index (χ2v) is 7.73. The predicted octanol–water partition coefficient (Wildman–Crippen LogP) is 2.94. The number of nitrogen functional groups attached to an aromatic ring is 1. The van der Waals surface area contributed by atoms with Crippen molar-refractivity contribution in [1.82, 2.24) is 9.88 Å². The number of hydrogen-bond donors (Lipinski definition) is 3. The van der Waals surface area contributed by atoms with Gasteiger partial charge in [-0.1, -0.05) is 42.5 Å². The van der Waals surface area contributed by atoms with Crippen LogP contribution in [0.25, 0.3) is 0 Å². The minimum absolute atomic E-state index is 0.0365. The van der Waals surface area contributed by atoms with E-state index in [1.807, 2.05) is 41.2 Å². The Morgan fingerprint density at radius 1 is 1.19 bits per heavy atom. The van der Waals surface area contributed by atoms with Crippen molar-refractivity contribution in [3.8, 4) is 0 Å². The molecule has 1 aromatic heterocycles. The summed E-state index contributed by atoms with van der Waals surface area (Å²) >= 11 is 0. The molecule has 7 heteroatoms. The number of nitrogens with zero attached hydrogens (tertiary/aromatic N) is 2. The highest BCUT2D eigenvalue weighted by Crippen LogP contribution is 2.20. The summed E-state index contributed by atoms with van der Waals surface area (Å²) in [5.41, 5.74) is 11.0. The third kappa shape index (κ3) is 4.88. The molecule has 0 saturated heterocycles. The van der Waals surface area contributed by atoms with Gasteiger partial charge >= 0.3 is 5.97 Å². The lowest BCUT2D eigenvalue weighted by Crippen LogP contribution is -2.19. The van der Waals surface area contributed by atoms with Gasteiger partial charge in [-0.25, -0.2) is 4.79 Å². The molecule has 0 saturated carbocycles. The summed E-state index contributed by atoms with van der Waals surface area (Å²) in [6.07, 6.45) is 4.44. The molecule has 1 aliphatic heterocycles. The summed E-state index contributed by atoms with van der Waals surface area (Å²) in [5.74, 6) is 0.650. The minimum Gasteiger partial charge on any atom is -0.462 e. The summed E-state index contributed by atoms with van der Waals surface area (Å²) < 4.78 is 7.26. The number of esters is 1. The molecule has 0 radical (unpaired) electrons. The number of amidine groups is 2. The summed E-state index contributed by atoms with van der Waals surface area (Å²) in [6.45, 7) is 4.39. The molecule has 164 valence electrons. The molecule has 32 heavy (non-hydrogen) atoms. The van der Waals surface area contributed by atoms with Crippen molar-refractivity contribution in [2.75, 3.05) is 19.7 Å². The molecule has 0 atom stereocenters. The van der Waals surface area contributed by atoms with Gasteiger partial charge in [-0.3, -0.25) is 10.4 Å². The van der Waals surface area contributed by atoms with Crippen LogP contribution in [0.4, 0.5) is 0 Å². The minimum atomic E-state index is -0.320. The van der Waals surface area contributed by atoms with E-state index in [9.17, 15) is 4.79 Å². The lowest BCUT2D eigenvalue weighted by Gasteiger charge is -2.06. The van der Waals surface area contributed by atoms with Crippen molar-refractivity contribution in [2.24, 2.45) is 10.7 Å². The van der Waals surface area contributed by atoms with Gasteiger partial charge in [0.25, 0.3) is 0 Å². The van der Waals surface area contributed by atoms with Crippen molar-refractivity contribution < 1.29 is 9.53 Å². The Bertz CT molecular complexity index is 1160. The standard InChI is InChI=1S/C25H27N5O2/c1-2-32-25(31)22-16-30(14-18-4-3-5-20(13-18)23(26)27)15-21(22)12-17-6-8-19(9-7-17)24-28-10-11-29-24/h3-9,13,15-16H,2,10-12,14H2,1H3,(H3,26,27)(H,28,29). The number of nitrogens with two attached hydrogens (primary N) is 1. The Hall–Kier alpha value is -3.87. The number of carbonyl (C=O) groups is 1. The van der Waals surface area contributed by atoms with Crippen LogP contribution in [0.2, 0.25) is 0 Å². The largest absolute Gasteiger partial charge is 0.462 e. The number of carbonyl (C=O) groups excluding carboxylic acids is 1. The molecule has 4 rings (SSSR count). The molecule has 7 nitrogen and oxygen atoms in total. The van der Waals surface area contributed by atoms with E-state index in [1.165, 1.54) is 0 Å². The number of nitrogens with one attached hydrogen (secondary N) is 2. The van der Waals surface area contributed by atoms with Crippen molar-refractivity contribution in [1.29, 1.82) is 5.41 Å². The quantitative estimate of drug-likeness (QED) is 0.291. The fraction of sp³-hybridized carbons (Fsp3) is 0.240. The summed E-state index contributed by atoms with van der Waals surface area (Å²) in [4.78, 5) is 17.0. The molecule has 0 unspecified atom stereocenters. The molecule has 0 spiro atoms. The van der Waals surface area contributed by atoms with Gasteiger partial charge in [-0.2, -0.15) is 0 Å². The number of hydrogen-bond acceptors (Lipinski definition) is 5. The van der Waals surface area contributed by atoms with E-state index in [2.05, 4.69) is 34.6 Å². The lowest BCUT2D eigenvalue weighted by molar-refractivity contribution is 0.0525. The van der Waals surface area contributed by atoms with Crippen LogP contribution in [0.3, 0.4) is 0 Å². The van der Waals surface area contributed by atoms with E-state index in [-0.39, 0.29) is 11.8 Å². The summed E-state index contributed by atoms with van der Waals surface area (Å²) in [5, 5.41) is 10.9. The molecule has 0 bridgehead atoms. The molecular formula is C25H27N5O2. The highest BCUT2D eigenvalue weighted by atomic mass is 16.5. The Morgan fingerprint density at radius 2 is 2.00 bits per heavy atom. The molecule has 0 fully saturated rings. The van der Waals surface area contributed by atoms with E-state index in [1.54, 1.807) is 6.92 Å². The first-order valence-electron chi connectivity index (χ1n) is 10.7. The molecule has 2 heterocycles. The lowest BCUT2D eigenvalue weighted by atomic mass is 10.0. The van der Waals surface area contributed by atoms with Gasteiger partial charge in [0.05, 0.1) is 18.7 Å². The van der Waals surface area contributed by atoms with Gasteiger partial charge in [0.15, 0.2) is 0 Å². The monoisotopic (exact) mass is 429 g/mol. The molecule has 4 N–H and O–H groups in total. The van der Waals surface area contributed by atoms with Crippen LogP contribution >= 0.6 is 0 Å². The maximum atomic E-state index is 12.6. The fourth-order valence-electron chi connectivity index (χ4n) is 3.82. The molecule has 2 aromatic carbocycles. The first kappa shape index (κ1) is 21.4. The Balaban J connectivity index is 1.57. The van der Waals surface area contributed by atoms with E-state index in [4.69, 9.17) is 15.9 Å². The highest BCUT2D eigenvalue weighted by Gasteiger charge is 2.17. The van der Waals surface area contributed by atoms with Crippen LogP contribution in [-0.4, -0.2) is 41.9 Å². The van der Waals surface area contributed by atoms with Crippen LogP contribution < -0.4 is 11.1 Å². The second-order valence-electron chi connectivity index (χ2n) is 7.73. The molecule has 3 aromatic rings. The molecular weight excluding hydrogens is 402 g/mol. The normalized spacial score (nSPS) is 12.8. The van der Waals surface area contributed by atoms with E-state index < -0.39 is 0 Å². The Morgan fingerprint density at radius 3 is 2.69 bits per heavy atom. The number of aromatic nitrogens is 1. The zero-order valence-corrected chi connectivity index (χ0v) is 18.1. The van der Waals surface area contributed by atoms with Crippen LogP contribution in [0.1, 0.15) is 45.1 Å². The van der Waals surface area contributed by atoms with Crippen LogP contribution in [0.15, 0.2) is 65.9 Å². The molecule has 1 aliphatic rings. The number of aliphatic imine (C=N–C) groups is 1. The average Bonchev–Trinajstić information content (AvgIpc) is 3.45. The van der Waals surface area contributed by atoms with Gasteiger partial charge < -0.3 is 20.4 Å². The second kappa shape index (κ2) is 9.51. The van der Waals surface area contributed by atoms with Gasteiger partial charge in [0.1, 0.15) is 11.7 Å². The SMILES string of the molecule is CCOC(=O)c1cn(Cc2cccc(C(=N)N)c2)cc1Cc1ccc(C2=NCCN2)cc1. The van der Waals surface area contributed by atoms with Gasteiger partial charge in [0, 0.05) is 36.6 Å². The highest BCUT2D eigenvalue weighted by molar-refractivity contribution is 5.99. The first-order valence-corrected chi connectivity index (χ1v) is 10.7. The number of rotatable bonds is 8. The fourth-order valence-corrected chi connectivity index (χ4v) is 3.82. The topological polar surface area (TPSA) is 105 Å². The van der Waals surface area contributed by atoms with Crippen molar-refractivity contribution >= 4 is 17.6 Å². The summed E-state index contributed by atoms with van der Waals surface area (Å²) in [7, 11) is 0. The smallest absolute Gasteiger partial charge is 0.339 e.